The molecule has 2 aliphatic carbocycles. The van der Waals surface area contributed by atoms with E-state index in [1.807, 2.05) is 0 Å². The van der Waals surface area contributed by atoms with E-state index in [1.165, 1.54) is 64.5 Å². The second-order valence-corrected chi connectivity index (χ2v) is 8.88. The zero-order valence-corrected chi connectivity index (χ0v) is 14.4. The molecule has 2 saturated carbocycles. The van der Waals surface area contributed by atoms with Crippen LogP contribution in [0.3, 0.4) is 0 Å². The van der Waals surface area contributed by atoms with Crippen molar-refractivity contribution in [2.24, 2.45) is 29.1 Å². The predicted octanol–water partition coefficient (Wildman–Crippen LogP) is 5.25. The molecule has 0 amide bonds. The summed E-state index contributed by atoms with van der Waals surface area (Å²) in [6, 6.07) is 0. The summed E-state index contributed by atoms with van der Waals surface area (Å²) in [5.74, 6) is 3.84. The van der Waals surface area contributed by atoms with Gasteiger partial charge in [-0.2, -0.15) is 0 Å². The summed E-state index contributed by atoms with van der Waals surface area (Å²) < 4.78 is 0. The summed E-state index contributed by atoms with van der Waals surface area (Å²) in [4.78, 5) is 0. The normalized spacial score (nSPS) is 36.0. The van der Waals surface area contributed by atoms with Gasteiger partial charge in [-0.25, -0.2) is 0 Å². The summed E-state index contributed by atoms with van der Waals surface area (Å²) in [6.45, 7) is 12.2. The molecule has 1 N–H and O–H groups in total. The Balaban J connectivity index is 1.59. The molecule has 0 aromatic carbocycles. The van der Waals surface area contributed by atoms with Crippen LogP contribution in [0.4, 0.5) is 0 Å². The van der Waals surface area contributed by atoms with Gasteiger partial charge in [-0.1, -0.05) is 40.5 Å². The Morgan fingerprint density at radius 2 is 1.50 bits per heavy atom. The average Bonchev–Trinajstić information content (AvgIpc) is 2.38. The van der Waals surface area contributed by atoms with E-state index in [0.29, 0.717) is 5.41 Å². The quantitative estimate of drug-likeness (QED) is 0.740. The van der Waals surface area contributed by atoms with E-state index in [9.17, 15) is 0 Å². The highest BCUT2D eigenvalue weighted by molar-refractivity contribution is 4.81. The van der Waals surface area contributed by atoms with Gasteiger partial charge in [0.25, 0.3) is 0 Å². The molecule has 20 heavy (non-hydrogen) atoms. The van der Waals surface area contributed by atoms with Crippen LogP contribution in [0.2, 0.25) is 0 Å². The van der Waals surface area contributed by atoms with Crippen molar-refractivity contribution in [3.05, 3.63) is 0 Å². The number of nitrogens with one attached hydrogen (secondary N) is 1. The molecule has 2 aliphatic rings. The van der Waals surface area contributed by atoms with Gasteiger partial charge in [0.05, 0.1) is 0 Å². The molecule has 0 aromatic heterocycles. The first kappa shape index (κ1) is 16.3. The minimum atomic E-state index is 0.524. The molecule has 0 bridgehead atoms. The van der Waals surface area contributed by atoms with E-state index in [0.717, 1.165) is 23.7 Å². The molecule has 118 valence electrons. The Labute approximate surface area is 127 Å². The minimum absolute atomic E-state index is 0.524. The Kier molecular flexibility index (Phi) is 5.95. The fraction of sp³-hybridized carbons (Fsp3) is 1.00. The van der Waals surface area contributed by atoms with E-state index in [1.54, 1.807) is 0 Å². The Morgan fingerprint density at radius 3 is 2.10 bits per heavy atom. The first-order valence-electron chi connectivity index (χ1n) is 9.16. The van der Waals surface area contributed by atoms with Crippen molar-refractivity contribution < 1.29 is 0 Å². The van der Waals surface area contributed by atoms with E-state index in [-0.39, 0.29) is 0 Å². The van der Waals surface area contributed by atoms with Gasteiger partial charge >= 0.3 is 0 Å². The topological polar surface area (TPSA) is 12.0 Å². The van der Waals surface area contributed by atoms with E-state index < -0.39 is 0 Å². The molecule has 0 aromatic rings. The van der Waals surface area contributed by atoms with Gasteiger partial charge in [0.1, 0.15) is 0 Å². The van der Waals surface area contributed by atoms with Gasteiger partial charge in [-0.05, 0) is 80.7 Å². The summed E-state index contributed by atoms with van der Waals surface area (Å²) in [7, 11) is 0. The third-order valence-electron chi connectivity index (χ3n) is 5.98. The maximum Gasteiger partial charge on any atom is -0.00203 e. The van der Waals surface area contributed by atoms with Gasteiger partial charge in [0.2, 0.25) is 0 Å². The van der Waals surface area contributed by atoms with Gasteiger partial charge in [-0.3, -0.25) is 0 Å². The maximum atomic E-state index is 3.80. The van der Waals surface area contributed by atoms with Crippen molar-refractivity contribution in [2.45, 2.75) is 79.1 Å². The van der Waals surface area contributed by atoms with Crippen LogP contribution in [0.1, 0.15) is 79.1 Å². The molecule has 2 fully saturated rings. The highest BCUT2D eigenvalue weighted by Gasteiger charge is 2.29. The van der Waals surface area contributed by atoms with Crippen molar-refractivity contribution in [3.8, 4) is 0 Å². The van der Waals surface area contributed by atoms with Crippen molar-refractivity contribution in [2.75, 3.05) is 13.1 Å². The maximum absolute atomic E-state index is 3.80. The minimum Gasteiger partial charge on any atom is -0.316 e. The standard InChI is InChI=1S/C19H37N/c1-15-6-5-7-17(12-15)14-20-13-16-8-10-18(11-9-16)19(2,3)4/h15-18,20H,5-14H2,1-4H3. The fourth-order valence-corrected chi connectivity index (χ4v) is 4.47. The molecule has 2 rings (SSSR count). The highest BCUT2D eigenvalue weighted by atomic mass is 14.9. The summed E-state index contributed by atoms with van der Waals surface area (Å²) in [5, 5.41) is 3.80. The molecule has 1 heteroatoms. The lowest BCUT2D eigenvalue weighted by Gasteiger charge is -2.37. The molecular formula is C19H37N. The van der Waals surface area contributed by atoms with Crippen molar-refractivity contribution in [1.29, 1.82) is 0 Å². The van der Waals surface area contributed by atoms with Crippen molar-refractivity contribution in [1.82, 2.24) is 5.32 Å². The van der Waals surface area contributed by atoms with E-state index in [4.69, 9.17) is 0 Å². The molecule has 2 atom stereocenters. The molecule has 0 saturated heterocycles. The lowest BCUT2D eigenvalue weighted by Crippen LogP contribution is -2.33. The summed E-state index contributed by atoms with van der Waals surface area (Å²) in [5.41, 5.74) is 0.524. The molecule has 0 radical (unpaired) electrons. The van der Waals surface area contributed by atoms with Crippen LogP contribution in [0.25, 0.3) is 0 Å². The van der Waals surface area contributed by atoms with Crippen LogP contribution >= 0.6 is 0 Å². The number of hydrogen-bond donors (Lipinski definition) is 1. The Morgan fingerprint density at radius 1 is 0.850 bits per heavy atom. The van der Waals surface area contributed by atoms with Crippen molar-refractivity contribution in [3.63, 3.8) is 0 Å². The van der Waals surface area contributed by atoms with E-state index in [2.05, 4.69) is 33.0 Å². The van der Waals surface area contributed by atoms with Gasteiger partial charge < -0.3 is 5.32 Å². The highest BCUT2D eigenvalue weighted by Crippen LogP contribution is 2.39. The predicted molar refractivity (Wildman–Crippen MR) is 88.9 cm³/mol. The lowest BCUT2D eigenvalue weighted by molar-refractivity contribution is 0.147. The van der Waals surface area contributed by atoms with Gasteiger partial charge in [0.15, 0.2) is 0 Å². The van der Waals surface area contributed by atoms with Crippen LogP contribution in [-0.4, -0.2) is 13.1 Å². The van der Waals surface area contributed by atoms with Crippen LogP contribution in [-0.2, 0) is 0 Å². The van der Waals surface area contributed by atoms with Crippen molar-refractivity contribution >= 4 is 0 Å². The summed E-state index contributed by atoms with van der Waals surface area (Å²) >= 11 is 0. The van der Waals surface area contributed by atoms with Crippen LogP contribution in [0.5, 0.6) is 0 Å². The second kappa shape index (κ2) is 7.29. The molecule has 0 heterocycles. The van der Waals surface area contributed by atoms with Gasteiger partial charge in [-0.15, -0.1) is 0 Å². The Hall–Kier alpha value is -0.0400. The number of hydrogen-bond acceptors (Lipinski definition) is 1. The first-order chi connectivity index (χ1) is 9.45. The monoisotopic (exact) mass is 279 g/mol. The third-order valence-corrected chi connectivity index (χ3v) is 5.98. The molecule has 2 unspecified atom stereocenters. The molecule has 1 nitrogen and oxygen atoms in total. The zero-order valence-electron chi connectivity index (χ0n) is 14.4. The summed E-state index contributed by atoms with van der Waals surface area (Å²) in [6.07, 6.45) is 11.7. The second-order valence-electron chi connectivity index (χ2n) is 8.88. The molecular weight excluding hydrogens is 242 g/mol. The zero-order chi connectivity index (χ0) is 14.6. The number of rotatable bonds is 4. The largest absolute Gasteiger partial charge is 0.316 e. The van der Waals surface area contributed by atoms with Crippen LogP contribution in [0.15, 0.2) is 0 Å². The fourth-order valence-electron chi connectivity index (χ4n) is 4.47. The SMILES string of the molecule is CC1CCCC(CNCC2CCC(C(C)(C)C)CC2)C1. The smallest absolute Gasteiger partial charge is 0.00203 e. The third kappa shape index (κ3) is 5.06. The Bertz CT molecular complexity index is 270. The molecule has 0 aliphatic heterocycles. The average molecular weight is 280 g/mol. The lowest BCUT2D eigenvalue weighted by atomic mass is 9.70. The van der Waals surface area contributed by atoms with E-state index >= 15 is 0 Å². The van der Waals surface area contributed by atoms with Crippen LogP contribution < -0.4 is 5.32 Å². The molecule has 0 spiro atoms. The first-order valence-corrected chi connectivity index (χ1v) is 9.16. The van der Waals surface area contributed by atoms with Crippen LogP contribution in [0, 0.1) is 29.1 Å². The van der Waals surface area contributed by atoms with Gasteiger partial charge in [0, 0.05) is 0 Å².